The number of benzene rings is 1. The number of hydrogen-bond donors (Lipinski definition) is 1. The maximum Gasteiger partial charge on any atom is 0.218 e. The van der Waals surface area contributed by atoms with Gasteiger partial charge < -0.3 is 5.32 Å². The monoisotopic (exact) mass is 203 g/mol. The first-order valence-corrected chi connectivity index (χ1v) is 4.56. The molecule has 4 heteroatoms. The third kappa shape index (κ3) is 2.28. The molecule has 1 heterocycles. The molecule has 0 unspecified atom stereocenters. The third-order valence-electron chi connectivity index (χ3n) is 2.04. The molecule has 0 aliphatic rings. The number of hydrogen-bond acceptors (Lipinski definition) is 3. The Balaban J connectivity index is 2.26. The molecule has 0 aliphatic carbocycles. The van der Waals surface area contributed by atoms with Crippen molar-refractivity contribution in [2.45, 2.75) is 6.92 Å². The second-order valence-electron chi connectivity index (χ2n) is 3.17. The van der Waals surface area contributed by atoms with Crippen molar-refractivity contribution in [3.63, 3.8) is 0 Å². The summed E-state index contributed by atoms with van der Waals surface area (Å²) < 4.78 is 12.8. The lowest BCUT2D eigenvalue weighted by molar-refractivity contribution is 0.580. The van der Waals surface area contributed by atoms with Gasteiger partial charge in [0.15, 0.2) is 0 Å². The summed E-state index contributed by atoms with van der Waals surface area (Å²) in [4.78, 5) is 7.30. The number of aromatic nitrogens is 2. The van der Waals surface area contributed by atoms with E-state index in [0.717, 1.165) is 11.3 Å². The predicted octanol–water partition coefficient (Wildman–Crippen LogP) is 2.67. The number of nitrogens with zero attached hydrogens (tertiary/aromatic N) is 2. The molecule has 15 heavy (non-hydrogen) atoms. The summed E-state index contributed by atoms with van der Waals surface area (Å²) in [5.74, 6) is -0.0853. The fourth-order valence-corrected chi connectivity index (χ4v) is 1.25. The van der Waals surface area contributed by atoms with Gasteiger partial charge in [-0.3, -0.25) is 0 Å². The Labute approximate surface area is 87.0 Å². The van der Waals surface area contributed by atoms with Crippen LogP contribution < -0.4 is 5.32 Å². The number of aryl methyl sites for hydroxylation is 1. The fourth-order valence-electron chi connectivity index (χ4n) is 1.25. The lowest BCUT2D eigenvalue weighted by Crippen LogP contribution is -1.97. The van der Waals surface area contributed by atoms with Crippen molar-refractivity contribution in [1.82, 2.24) is 9.97 Å². The number of para-hydroxylation sites is 1. The maximum absolute atomic E-state index is 12.8. The second kappa shape index (κ2) is 4.04. The summed E-state index contributed by atoms with van der Waals surface area (Å²) in [6.07, 6.45) is 1.19. The molecule has 1 aromatic carbocycles. The molecule has 2 aromatic rings. The van der Waals surface area contributed by atoms with Gasteiger partial charge in [-0.1, -0.05) is 18.2 Å². The van der Waals surface area contributed by atoms with E-state index in [1.807, 2.05) is 31.2 Å². The van der Waals surface area contributed by atoms with Crippen LogP contribution in [0.25, 0.3) is 0 Å². The average molecular weight is 203 g/mol. The first kappa shape index (κ1) is 9.58. The molecule has 3 nitrogen and oxygen atoms in total. The molecule has 0 aliphatic heterocycles. The molecular formula is C11H10FN3. The van der Waals surface area contributed by atoms with Gasteiger partial charge in [-0.2, -0.15) is 4.39 Å². The lowest BCUT2D eigenvalue weighted by atomic mass is 10.2. The van der Waals surface area contributed by atoms with Crippen molar-refractivity contribution in [2.24, 2.45) is 0 Å². The van der Waals surface area contributed by atoms with E-state index in [2.05, 4.69) is 15.3 Å². The minimum atomic E-state index is -0.541. The van der Waals surface area contributed by atoms with Crippen LogP contribution in [0.2, 0.25) is 0 Å². The number of anilines is 2. The van der Waals surface area contributed by atoms with Crippen molar-refractivity contribution in [1.29, 1.82) is 0 Å². The highest BCUT2D eigenvalue weighted by atomic mass is 19.1. The molecule has 0 amide bonds. The minimum Gasteiger partial charge on any atom is -0.340 e. The first-order chi connectivity index (χ1) is 7.25. The zero-order valence-corrected chi connectivity index (χ0v) is 8.24. The summed E-state index contributed by atoms with van der Waals surface area (Å²) in [6.45, 7) is 1.97. The molecule has 0 spiro atoms. The molecular weight excluding hydrogens is 193 g/mol. The van der Waals surface area contributed by atoms with Gasteiger partial charge in [0.2, 0.25) is 5.95 Å². The molecule has 0 fully saturated rings. The van der Waals surface area contributed by atoms with Crippen molar-refractivity contribution >= 4 is 11.5 Å². The number of rotatable bonds is 2. The topological polar surface area (TPSA) is 37.8 Å². The van der Waals surface area contributed by atoms with Gasteiger partial charge in [-0.05, 0) is 18.6 Å². The smallest absolute Gasteiger partial charge is 0.218 e. The Morgan fingerprint density at radius 2 is 2.00 bits per heavy atom. The molecule has 0 atom stereocenters. The summed E-state index contributed by atoms with van der Waals surface area (Å²) in [5, 5.41) is 3.02. The summed E-state index contributed by atoms with van der Waals surface area (Å²) in [6, 6.07) is 9.00. The molecule has 2 rings (SSSR count). The highest BCUT2D eigenvalue weighted by Gasteiger charge is 2.00. The normalized spacial score (nSPS) is 10.0. The van der Waals surface area contributed by atoms with E-state index in [0.29, 0.717) is 5.82 Å². The molecule has 1 aromatic heterocycles. The van der Waals surface area contributed by atoms with E-state index in [-0.39, 0.29) is 0 Å². The zero-order valence-electron chi connectivity index (χ0n) is 8.24. The number of halogens is 1. The molecule has 0 radical (unpaired) electrons. The van der Waals surface area contributed by atoms with Gasteiger partial charge in [0.25, 0.3) is 0 Å². The molecule has 76 valence electrons. The lowest BCUT2D eigenvalue weighted by Gasteiger charge is -2.07. The van der Waals surface area contributed by atoms with Crippen LogP contribution in [0.3, 0.4) is 0 Å². The quantitative estimate of drug-likeness (QED) is 0.762. The standard InChI is InChI=1S/C11H10FN3/c1-8-4-2-3-5-9(8)15-11-6-10(12)13-7-14-11/h2-7H,1H3,(H,13,14,15). The Kier molecular flexibility index (Phi) is 2.58. The van der Waals surface area contributed by atoms with Crippen LogP contribution in [0.5, 0.6) is 0 Å². The Hall–Kier alpha value is -1.97. The molecule has 1 N–H and O–H groups in total. The SMILES string of the molecule is Cc1ccccc1Nc1cc(F)ncn1. The molecule has 0 saturated heterocycles. The van der Waals surface area contributed by atoms with E-state index >= 15 is 0 Å². The molecule has 0 bridgehead atoms. The summed E-state index contributed by atoms with van der Waals surface area (Å²) >= 11 is 0. The van der Waals surface area contributed by atoms with Crippen LogP contribution in [-0.2, 0) is 0 Å². The largest absolute Gasteiger partial charge is 0.340 e. The van der Waals surface area contributed by atoms with Gasteiger partial charge in [0.05, 0.1) is 0 Å². The highest BCUT2D eigenvalue weighted by molar-refractivity contribution is 5.59. The first-order valence-electron chi connectivity index (χ1n) is 4.56. The Morgan fingerprint density at radius 1 is 1.20 bits per heavy atom. The van der Waals surface area contributed by atoms with Crippen molar-refractivity contribution < 1.29 is 4.39 Å². The fraction of sp³-hybridized carbons (Fsp3) is 0.0909. The van der Waals surface area contributed by atoms with E-state index in [4.69, 9.17) is 0 Å². The zero-order chi connectivity index (χ0) is 10.7. The third-order valence-corrected chi connectivity index (χ3v) is 2.04. The highest BCUT2D eigenvalue weighted by Crippen LogP contribution is 2.17. The van der Waals surface area contributed by atoms with E-state index < -0.39 is 5.95 Å². The van der Waals surface area contributed by atoms with Crippen LogP contribution >= 0.6 is 0 Å². The van der Waals surface area contributed by atoms with Crippen LogP contribution in [0, 0.1) is 12.9 Å². The predicted molar refractivity (Wildman–Crippen MR) is 56.5 cm³/mol. The van der Waals surface area contributed by atoms with E-state index in [1.54, 1.807) is 0 Å². The van der Waals surface area contributed by atoms with E-state index in [1.165, 1.54) is 12.4 Å². The Bertz CT molecular complexity index is 471. The minimum absolute atomic E-state index is 0.455. The van der Waals surface area contributed by atoms with Crippen LogP contribution in [0.1, 0.15) is 5.56 Å². The van der Waals surface area contributed by atoms with Crippen molar-refractivity contribution in [3.05, 3.63) is 48.2 Å². The van der Waals surface area contributed by atoms with Crippen molar-refractivity contribution in [3.8, 4) is 0 Å². The van der Waals surface area contributed by atoms with Gasteiger partial charge >= 0.3 is 0 Å². The summed E-state index contributed by atoms with van der Waals surface area (Å²) in [5.41, 5.74) is 1.99. The van der Waals surface area contributed by atoms with Crippen LogP contribution in [-0.4, -0.2) is 9.97 Å². The van der Waals surface area contributed by atoms with Gasteiger partial charge in [0.1, 0.15) is 12.1 Å². The van der Waals surface area contributed by atoms with Crippen LogP contribution in [0.4, 0.5) is 15.9 Å². The van der Waals surface area contributed by atoms with Crippen LogP contribution in [0.15, 0.2) is 36.7 Å². The molecule has 0 saturated carbocycles. The van der Waals surface area contributed by atoms with Gasteiger partial charge in [-0.15, -0.1) is 0 Å². The number of nitrogens with one attached hydrogen (secondary N) is 1. The Morgan fingerprint density at radius 3 is 2.73 bits per heavy atom. The van der Waals surface area contributed by atoms with Gasteiger partial charge in [0, 0.05) is 11.8 Å². The summed E-state index contributed by atoms with van der Waals surface area (Å²) in [7, 11) is 0. The maximum atomic E-state index is 12.8. The second-order valence-corrected chi connectivity index (χ2v) is 3.17. The van der Waals surface area contributed by atoms with E-state index in [9.17, 15) is 4.39 Å². The van der Waals surface area contributed by atoms with Crippen molar-refractivity contribution in [2.75, 3.05) is 5.32 Å². The van der Waals surface area contributed by atoms with Gasteiger partial charge in [-0.25, -0.2) is 9.97 Å². The average Bonchev–Trinajstić information content (AvgIpc) is 2.22.